The largest absolute Gasteiger partial charge is 0.378 e. The molecule has 1 saturated heterocycles. The van der Waals surface area contributed by atoms with Crippen LogP contribution in [0, 0.1) is 6.92 Å². The predicted molar refractivity (Wildman–Crippen MR) is 83.5 cm³/mol. The quantitative estimate of drug-likeness (QED) is 0.838. The zero-order valence-electron chi connectivity index (χ0n) is 11.9. The van der Waals surface area contributed by atoms with Crippen molar-refractivity contribution < 1.29 is 4.74 Å². The van der Waals surface area contributed by atoms with E-state index in [9.17, 15) is 0 Å². The summed E-state index contributed by atoms with van der Waals surface area (Å²) in [5, 5.41) is 3.45. The highest BCUT2D eigenvalue weighted by atomic mass is 79.9. The maximum atomic E-state index is 5.69. The number of nitrogens with one attached hydrogen (secondary N) is 1. The highest BCUT2D eigenvalue weighted by Crippen LogP contribution is 2.28. The Hall–Kier alpha value is -0.380. The molecule has 0 bridgehead atoms. The van der Waals surface area contributed by atoms with Crippen molar-refractivity contribution in [2.24, 2.45) is 0 Å². The Kier molecular flexibility index (Phi) is 5.86. The third kappa shape index (κ3) is 4.04. The fourth-order valence-electron chi connectivity index (χ4n) is 2.88. The molecule has 19 heavy (non-hydrogen) atoms. The molecule has 1 aliphatic heterocycles. The van der Waals surface area contributed by atoms with Gasteiger partial charge in [-0.15, -0.1) is 0 Å². The normalized spacial score (nSPS) is 20.7. The van der Waals surface area contributed by atoms with Crippen LogP contribution < -0.4 is 5.32 Å². The van der Waals surface area contributed by atoms with Crippen molar-refractivity contribution in [1.82, 2.24) is 5.32 Å². The van der Waals surface area contributed by atoms with Crippen molar-refractivity contribution >= 4 is 15.9 Å². The molecular formula is C16H24BrNO. The number of benzene rings is 1. The number of ether oxygens (including phenoxy) is 1. The van der Waals surface area contributed by atoms with Gasteiger partial charge in [-0.05, 0) is 63.3 Å². The molecule has 2 unspecified atom stereocenters. The summed E-state index contributed by atoms with van der Waals surface area (Å²) < 4.78 is 6.89. The van der Waals surface area contributed by atoms with E-state index in [0.29, 0.717) is 12.1 Å². The van der Waals surface area contributed by atoms with Gasteiger partial charge in [-0.1, -0.05) is 28.1 Å². The van der Waals surface area contributed by atoms with Gasteiger partial charge in [0.1, 0.15) is 0 Å². The lowest BCUT2D eigenvalue weighted by Crippen LogP contribution is -2.18. The summed E-state index contributed by atoms with van der Waals surface area (Å²) in [5.74, 6) is 0. The van der Waals surface area contributed by atoms with E-state index >= 15 is 0 Å². The van der Waals surface area contributed by atoms with Crippen LogP contribution in [0.1, 0.15) is 49.3 Å². The molecule has 0 spiro atoms. The second-order valence-corrected chi connectivity index (χ2v) is 6.22. The van der Waals surface area contributed by atoms with Crippen molar-refractivity contribution in [3.8, 4) is 0 Å². The van der Waals surface area contributed by atoms with Crippen LogP contribution in [-0.4, -0.2) is 19.8 Å². The number of hydrogen-bond donors (Lipinski definition) is 1. The van der Waals surface area contributed by atoms with Gasteiger partial charge in [-0.2, -0.15) is 0 Å². The van der Waals surface area contributed by atoms with Gasteiger partial charge < -0.3 is 10.1 Å². The second kappa shape index (κ2) is 7.41. The fraction of sp³-hybridized carbons (Fsp3) is 0.625. The Bertz CT molecular complexity index is 402. The first-order valence-corrected chi connectivity index (χ1v) is 8.05. The molecule has 106 valence electrons. The molecule has 0 saturated carbocycles. The molecule has 0 aromatic heterocycles. The smallest absolute Gasteiger partial charge is 0.0576 e. The van der Waals surface area contributed by atoms with Crippen LogP contribution >= 0.6 is 15.9 Å². The minimum absolute atomic E-state index is 0.443. The van der Waals surface area contributed by atoms with Gasteiger partial charge in [0.05, 0.1) is 6.10 Å². The Morgan fingerprint density at radius 1 is 1.47 bits per heavy atom. The zero-order valence-corrected chi connectivity index (χ0v) is 13.5. The van der Waals surface area contributed by atoms with Crippen LogP contribution in [0.4, 0.5) is 0 Å². The van der Waals surface area contributed by atoms with Crippen LogP contribution in [0.15, 0.2) is 22.7 Å². The summed E-state index contributed by atoms with van der Waals surface area (Å²) in [6, 6.07) is 6.90. The average molecular weight is 326 g/mol. The van der Waals surface area contributed by atoms with E-state index in [-0.39, 0.29) is 0 Å². The van der Waals surface area contributed by atoms with Gasteiger partial charge in [-0.25, -0.2) is 0 Å². The SMILES string of the molecule is CNC(CCCC1CCCO1)c1cccc(Br)c1C. The molecule has 2 nitrogen and oxygen atoms in total. The number of hydrogen-bond acceptors (Lipinski definition) is 2. The molecule has 0 radical (unpaired) electrons. The third-order valence-corrected chi connectivity index (χ3v) is 4.94. The average Bonchev–Trinajstić information content (AvgIpc) is 2.92. The monoisotopic (exact) mass is 325 g/mol. The number of rotatable bonds is 6. The molecule has 3 heteroatoms. The van der Waals surface area contributed by atoms with E-state index in [1.807, 2.05) is 0 Å². The first-order chi connectivity index (χ1) is 9.22. The fourth-order valence-corrected chi connectivity index (χ4v) is 3.26. The van der Waals surface area contributed by atoms with E-state index in [1.165, 1.54) is 47.7 Å². The first-order valence-electron chi connectivity index (χ1n) is 7.26. The van der Waals surface area contributed by atoms with Crippen molar-refractivity contribution in [1.29, 1.82) is 0 Å². The summed E-state index contributed by atoms with van der Waals surface area (Å²) >= 11 is 3.62. The van der Waals surface area contributed by atoms with Crippen LogP contribution in [-0.2, 0) is 4.74 Å². The molecule has 2 atom stereocenters. The zero-order chi connectivity index (χ0) is 13.7. The lowest BCUT2D eigenvalue weighted by molar-refractivity contribution is 0.101. The van der Waals surface area contributed by atoms with Gasteiger partial charge in [0.25, 0.3) is 0 Å². The van der Waals surface area contributed by atoms with E-state index in [2.05, 4.69) is 53.4 Å². The summed E-state index contributed by atoms with van der Waals surface area (Å²) in [7, 11) is 2.05. The highest BCUT2D eigenvalue weighted by Gasteiger charge is 2.17. The van der Waals surface area contributed by atoms with E-state index in [0.717, 1.165) is 6.61 Å². The van der Waals surface area contributed by atoms with E-state index < -0.39 is 0 Å². The predicted octanol–water partition coefficient (Wildman–Crippen LogP) is 4.37. The van der Waals surface area contributed by atoms with Crippen LogP contribution in [0.3, 0.4) is 0 Å². The molecular weight excluding hydrogens is 302 g/mol. The summed E-state index contributed by atoms with van der Waals surface area (Å²) in [6.45, 7) is 3.15. The maximum Gasteiger partial charge on any atom is 0.0576 e. The topological polar surface area (TPSA) is 21.3 Å². The summed E-state index contributed by atoms with van der Waals surface area (Å²) in [5.41, 5.74) is 2.75. The molecule has 0 amide bonds. The molecule has 1 aliphatic rings. The van der Waals surface area contributed by atoms with Crippen LogP contribution in [0.25, 0.3) is 0 Å². The summed E-state index contributed by atoms with van der Waals surface area (Å²) in [4.78, 5) is 0. The van der Waals surface area contributed by atoms with Gasteiger partial charge >= 0.3 is 0 Å². The van der Waals surface area contributed by atoms with Gasteiger partial charge in [0, 0.05) is 17.1 Å². The highest BCUT2D eigenvalue weighted by molar-refractivity contribution is 9.10. The maximum absolute atomic E-state index is 5.69. The Morgan fingerprint density at radius 3 is 3.00 bits per heavy atom. The van der Waals surface area contributed by atoms with Crippen molar-refractivity contribution in [3.05, 3.63) is 33.8 Å². The van der Waals surface area contributed by atoms with E-state index in [1.54, 1.807) is 0 Å². The van der Waals surface area contributed by atoms with Crippen LogP contribution in [0.2, 0.25) is 0 Å². The third-order valence-electron chi connectivity index (χ3n) is 4.08. The Balaban J connectivity index is 1.90. The van der Waals surface area contributed by atoms with Crippen molar-refractivity contribution in [2.75, 3.05) is 13.7 Å². The Morgan fingerprint density at radius 2 is 2.32 bits per heavy atom. The lowest BCUT2D eigenvalue weighted by Gasteiger charge is -2.20. The Labute approximate surface area is 125 Å². The van der Waals surface area contributed by atoms with Gasteiger partial charge in [0.15, 0.2) is 0 Å². The summed E-state index contributed by atoms with van der Waals surface area (Å²) in [6.07, 6.45) is 6.60. The molecule has 1 aromatic rings. The van der Waals surface area contributed by atoms with Gasteiger partial charge in [-0.3, -0.25) is 0 Å². The van der Waals surface area contributed by atoms with Crippen molar-refractivity contribution in [3.63, 3.8) is 0 Å². The van der Waals surface area contributed by atoms with Crippen molar-refractivity contribution in [2.45, 2.75) is 51.2 Å². The minimum atomic E-state index is 0.443. The molecule has 1 N–H and O–H groups in total. The van der Waals surface area contributed by atoms with E-state index in [4.69, 9.17) is 4.74 Å². The molecule has 1 aromatic carbocycles. The van der Waals surface area contributed by atoms with Gasteiger partial charge in [0.2, 0.25) is 0 Å². The van der Waals surface area contributed by atoms with Crippen LogP contribution in [0.5, 0.6) is 0 Å². The standard InChI is InChI=1S/C16H24BrNO/c1-12-14(8-4-9-15(12)17)16(18-2)10-3-6-13-7-5-11-19-13/h4,8-9,13,16,18H,3,5-7,10-11H2,1-2H3. The second-order valence-electron chi connectivity index (χ2n) is 5.36. The molecule has 0 aliphatic carbocycles. The minimum Gasteiger partial charge on any atom is -0.378 e. The number of halogens is 1. The lowest BCUT2D eigenvalue weighted by atomic mass is 9.96. The molecule has 1 heterocycles. The molecule has 1 fully saturated rings. The molecule has 2 rings (SSSR count). The first kappa shape index (κ1) is 15.0.